The first-order valence-corrected chi connectivity index (χ1v) is 11.4. The summed E-state index contributed by atoms with van der Waals surface area (Å²) in [4.78, 5) is 37.9. The second kappa shape index (κ2) is 10.1. The maximum absolute atomic E-state index is 14.9. The Labute approximate surface area is 214 Å². The van der Waals surface area contributed by atoms with E-state index in [9.17, 15) is 31.9 Å². The Balaban J connectivity index is 1.75. The van der Waals surface area contributed by atoms with Crippen molar-refractivity contribution in [1.82, 2.24) is 9.88 Å². The third kappa shape index (κ3) is 5.29. The maximum atomic E-state index is 14.9. The van der Waals surface area contributed by atoms with Gasteiger partial charge in [-0.3, -0.25) is 14.4 Å². The number of carbonyl (C=O) groups is 2. The summed E-state index contributed by atoms with van der Waals surface area (Å²) >= 11 is 0. The summed E-state index contributed by atoms with van der Waals surface area (Å²) in [6, 6.07) is 7.59. The van der Waals surface area contributed by atoms with Crippen LogP contribution in [-0.2, 0) is 16.6 Å². The molecule has 0 bridgehead atoms. The number of nitrogens with zero attached hydrogens (tertiary/aromatic N) is 2. The minimum absolute atomic E-state index is 0.175. The van der Waals surface area contributed by atoms with Crippen LogP contribution in [0.5, 0.6) is 0 Å². The fraction of sp³-hybridized carbons (Fsp3) is 0.231. The zero-order valence-corrected chi connectivity index (χ0v) is 20.3. The topological polar surface area (TPSA) is 107 Å². The van der Waals surface area contributed by atoms with Crippen LogP contribution in [0.15, 0.2) is 59.5 Å². The van der Waals surface area contributed by atoms with E-state index in [4.69, 9.17) is 5.41 Å². The number of alkyl halides is 2. The first kappa shape index (κ1) is 26.6. The first-order chi connectivity index (χ1) is 17.9. The zero-order valence-electron chi connectivity index (χ0n) is 20.3. The SMILES string of the molecule is Cn1cc(Nc2ccc(N3C(=O)C[C@H](NC(=O)C(C)(F)F)[C@H]3c3ccc(F)cc3F)cc2C=N)ccc1=O. The van der Waals surface area contributed by atoms with Gasteiger partial charge in [0, 0.05) is 67.4 Å². The zero-order chi connectivity index (χ0) is 27.8. The van der Waals surface area contributed by atoms with E-state index in [2.05, 4.69) is 10.6 Å². The average molecular weight is 529 g/mol. The summed E-state index contributed by atoms with van der Waals surface area (Å²) in [5.41, 5.74) is 1.13. The number of hydrogen-bond donors (Lipinski definition) is 3. The van der Waals surface area contributed by atoms with Crippen molar-refractivity contribution in [1.29, 1.82) is 5.41 Å². The lowest BCUT2D eigenvalue weighted by atomic mass is 9.98. The van der Waals surface area contributed by atoms with E-state index in [-0.39, 0.29) is 16.8 Å². The van der Waals surface area contributed by atoms with Gasteiger partial charge in [0.15, 0.2) is 0 Å². The Morgan fingerprint density at radius 1 is 1.11 bits per heavy atom. The largest absolute Gasteiger partial charge is 0.354 e. The third-order valence-corrected chi connectivity index (χ3v) is 6.15. The van der Waals surface area contributed by atoms with Gasteiger partial charge in [-0.1, -0.05) is 6.07 Å². The number of anilines is 3. The predicted molar refractivity (Wildman–Crippen MR) is 133 cm³/mol. The summed E-state index contributed by atoms with van der Waals surface area (Å²) in [7, 11) is 1.57. The Bertz CT molecular complexity index is 1480. The van der Waals surface area contributed by atoms with E-state index < -0.39 is 47.9 Å². The lowest BCUT2D eigenvalue weighted by Gasteiger charge is -2.30. The van der Waals surface area contributed by atoms with Crippen molar-refractivity contribution in [3.63, 3.8) is 0 Å². The van der Waals surface area contributed by atoms with Crippen LogP contribution >= 0.6 is 0 Å². The molecule has 1 fully saturated rings. The van der Waals surface area contributed by atoms with Crippen LogP contribution in [0.4, 0.5) is 34.6 Å². The van der Waals surface area contributed by atoms with Crippen molar-refractivity contribution in [3.8, 4) is 0 Å². The minimum atomic E-state index is -3.75. The molecule has 0 aliphatic carbocycles. The number of carbonyl (C=O) groups excluding carboxylic acids is 2. The molecule has 3 aromatic rings. The van der Waals surface area contributed by atoms with Crippen molar-refractivity contribution >= 4 is 35.1 Å². The molecule has 4 rings (SSSR count). The smallest absolute Gasteiger partial charge is 0.321 e. The Kier molecular flexibility index (Phi) is 7.07. The van der Waals surface area contributed by atoms with Gasteiger partial charge < -0.3 is 25.5 Å². The van der Waals surface area contributed by atoms with Crippen molar-refractivity contribution in [2.24, 2.45) is 7.05 Å². The highest BCUT2D eigenvalue weighted by atomic mass is 19.3. The average Bonchev–Trinajstić information content (AvgIpc) is 3.16. The van der Waals surface area contributed by atoms with Crippen LogP contribution in [0, 0.1) is 17.0 Å². The molecule has 0 saturated carbocycles. The van der Waals surface area contributed by atoms with Gasteiger partial charge in [-0.05, 0) is 30.3 Å². The fourth-order valence-electron chi connectivity index (χ4n) is 4.32. The number of aryl methyl sites for hydroxylation is 1. The van der Waals surface area contributed by atoms with Crippen LogP contribution in [0.25, 0.3) is 0 Å². The normalized spacial score (nSPS) is 17.4. The molecule has 12 heteroatoms. The molecule has 2 aromatic carbocycles. The molecule has 1 aliphatic heterocycles. The molecule has 2 heterocycles. The van der Waals surface area contributed by atoms with Crippen molar-refractivity contribution in [3.05, 3.63) is 87.8 Å². The summed E-state index contributed by atoms with van der Waals surface area (Å²) in [6.07, 6.45) is 2.15. The monoisotopic (exact) mass is 529 g/mol. The molecule has 2 atom stereocenters. The Morgan fingerprint density at radius 3 is 2.47 bits per heavy atom. The fourth-order valence-corrected chi connectivity index (χ4v) is 4.32. The molecule has 1 aliphatic rings. The molecule has 0 spiro atoms. The van der Waals surface area contributed by atoms with E-state index in [0.717, 1.165) is 23.2 Å². The molecule has 0 unspecified atom stereocenters. The molecule has 198 valence electrons. The highest BCUT2D eigenvalue weighted by Gasteiger charge is 2.46. The van der Waals surface area contributed by atoms with Crippen molar-refractivity contribution in [2.45, 2.75) is 31.4 Å². The van der Waals surface area contributed by atoms with Gasteiger partial charge in [-0.2, -0.15) is 8.78 Å². The second-order valence-electron chi connectivity index (χ2n) is 8.95. The van der Waals surface area contributed by atoms with E-state index in [1.807, 2.05) is 0 Å². The number of hydrogen-bond acceptors (Lipinski definition) is 5. The first-order valence-electron chi connectivity index (χ1n) is 11.4. The van der Waals surface area contributed by atoms with Gasteiger partial charge >= 0.3 is 5.92 Å². The van der Waals surface area contributed by atoms with E-state index >= 15 is 0 Å². The maximum Gasteiger partial charge on any atom is 0.321 e. The van der Waals surface area contributed by atoms with E-state index in [0.29, 0.717) is 29.9 Å². The van der Waals surface area contributed by atoms with E-state index in [1.54, 1.807) is 25.4 Å². The lowest BCUT2D eigenvalue weighted by molar-refractivity contribution is -0.143. The number of pyridine rings is 1. The van der Waals surface area contributed by atoms with Gasteiger partial charge in [0.05, 0.1) is 17.8 Å². The van der Waals surface area contributed by atoms with Gasteiger partial charge in [-0.15, -0.1) is 0 Å². The molecule has 1 saturated heterocycles. The van der Waals surface area contributed by atoms with Gasteiger partial charge in [0.2, 0.25) is 11.5 Å². The molecular formula is C26H23F4N5O3. The number of nitrogens with one attached hydrogen (secondary N) is 3. The molecular weight excluding hydrogens is 506 g/mol. The van der Waals surface area contributed by atoms with Crippen LogP contribution in [0.3, 0.4) is 0 Å². The van der Waals surface area contributed by atoms with Crippen LogP contribution in [-0.4, -0.2) is 34.6 Å². The Morgan fingerprint density at radius 2 is 1.84 bits per heavy atom. The number of rotatable bonds is 7. The molecule has 1 aromatic heterocycles. The van der Waals surface area contributed by atoms with Crippen LogP contribution in [0.1, 0.15) is 30.5 Å². The summed E-state index contributed by atoms with van der Waals surface area (Å²) < 4.78 is 57.1. The van der Waals surface area contributed by atoms with Gasteiger partial charge in [0.25, 0.3) is 5.91 Å². The lowest BCUT2D eigenvalue weighted by Crippen LogP contribution is -2.46. The molecule has 38 heavy (non-hydrogen) atoms. The van der Waals surface area contributed by atoms with Gasteiger partial charge in [0.1, 0.15) is 11.6 Å². The predicted octanol–water partition coefficient (Wildman–Crippen LogP) is 4.02. The molecule has 2 amide bonds. The minimum Gasteiger partial charge on any atom is -0.354 e. The summed E-state index contributed by atoms with van der Waals surface area (Å²) in [5.74, 6) is -7.87. The molecule has 0 radical (unpaired) electrons. The Hall–Kier alpha value is -4.48. The number of halogens is 4. The third-order valence-electron chi connectivity index (χ3n) is 6.15. The number of benzene rings is 2. The van der Waals surface area contributed by atoms with Crippen LogP contribution < -0.4 is 21.1 Å². The highest BCUT2D eigenvalue weighted by Crippen LogP contribution is 2.40. The molecule has 8 nitrogen and oxygen atoms in total. The number of amides is 2. The van der Waals surface area contributed by atoms with Crippen LogP contribution in [0.2, 0.25) is 0 Å². The van der Waals surface area contributed by atoms with Crippen molar-refractivity contribution < 1.29 is 27.2 Å². The number of aromatic nitrogens is 1. The summed E-state index contributed by atoms with van der Waals surface area (Å²) in [6.45, 7) is 0.400. The highest BCUT2D eigenvalue weighted by molar-refractivity contribution is 6.00. The molecule has 3 N–H and O–H groups in total. The van der Waals surface area contributed by atoms with Gasteiger partial charge in [-0.25, -0.2) is 8.78 Å². The standard InChI is InChI=1S/C26H23F4N5O3/c1-26(29,30)25(38)33-21-11-23(37)35(24(21)18-6-3-15(27)10-19(18)28)17-5-7-20(14(9-17)12-31)32-16-4-8-22(36)34(2)13-16/h3-10,12-13,21,24,31-32H,11H2,1-2H3,(H,33,38)/t21-,24+/m0/s1. The van der Waals surface area contributed by atoms with E-state index in [1.165, 1.54) is 22.8 Å². The van der Waals surface area contributed by atoms with Crippen molar-refractivity contribution in [2.75, 3.05) is 10.2 Å². The quantitative estimate of drug-likeness (QED) is 0.318. The second-order valence-corrected chi connectivity index (χ2v) is 8.95. The summed E-state index contributed by atoms with van der Waals surface area (Å²) in [5, 5.41) is 13.1.